The summed E-state index contributed by atoms with van der Waals surface area (Å²) in [5, 5.41) is 9.52. The van der Waals surface area contributed by atoms with Gasteiger partial charge in [-0.2, -0.15) is 0 Å². The number of amides is 1. The molecule has 2 heterocycles. The summed E-state index contributed by atoms with van der Waals surface area (Å²) in [6.07, 6.45) is 2.19. The van der Waals surface area contributed by atoms with Gasteiger partial charge >= 0.3 is 5.97 Å². The lowest BCUT2D eigenvalue weighted by atomic mass is 9.92. The largest absolute Gasteiger partial charge is 0.497 e. The first-order chi connectivity index (χ1) is 13.0. The molecule has 142 valence electrons. The van der Waals surface area contributed by atoms with Crippen LogP contribution in [-0.4, -0.2) is 42.1 Å². The number of thiophene rings is 1. The lowest BCUT2D eigenvalue weighted by molar-refractivity contribution is -0.142. The van der Waals surface area contributed by atoms with E-state index < -0.39 is 11.9 Å². The van der Waals surface area contributed by atoms with E-state index in [2.05, 4.69) is 0 Å². The molecule has 1 N–H and O–H groups in total. The van der Waals surface area contributed by atoms with E-state index in [1.165, 1.54) is 11.3 Å². The molecule has 1 aromatic carbocycles. The standard InChI is InChI=1S/C21H23NO4S/c1-12-16(13-5-7-15(26-2)8-6-13)9-19(27-12)20(23)22-10-17(14-3-4-14)18(11-22)21(24)25/h5-9,14,17-18H,3-4,10-11H2,1-2H3,(H,24,25)/t17-,18+/m1/s1. The average molecular weight is 385 g/mol. The molecule has 1 aliphatic carbocycles. The van der Waals surface area contributed by atoms with Crippen molar-refractivity contribution in [2.24, 2.45) is 17.8 Å². The number of methoxy groups -OCH3 is 1. The minimum Gasteiger partial charge on any atom is -0.497 e. The molecule has 5 nitrogen and oxygen atoms in total. The molecule has 0 spiro atoms. The Morgan fingerprint density at radius 2 is 1.89 bits per heavy atom. The molecule has 2 aliphatic rings. The maximum absolute atomic E-state index is 13.0. The van der Waals surface area contributed by atoms with Gasteiger partial charge < -0.3 is 14.7 Å². The number of benzene rings is 1. The van der Waals surface area contributed by atoms with Gasteiger partial charge in [-0.1, -0.05) is 12.1 Å². The van der Waals surface area contributed by atoms with Gasteiger partial charge in [-0.25, -0.2) is 0 Å². The molecule has 1 aliphatic heterocycles. The third-order valence-electron chi connectivity index (χ3n) is 5.73. The van der Waals surface area contributed by atoms with Crippen LogP contribution in [0, 0.1) is 24.7 Å². The molecular formula is C21H23NO4S. The molecular weight excluding hydrogens is 362 g/mol. The Bertz CT molecular complexity index is 869. The van der Waals surface area contributed by atoms with Crippen LogP contribution in [-0.2, 0) is 4.79 Å². The van der Waals surface area contributed by atoms with E-state index in [0.29, 0.717) is 23.9 Å². The smallest absolute Gasteiger partial charge is 0.308 e. The lowest BCUT2D eigenvalue weighted by Gasteiger charge is -2.15. The monoisotopic (exact) mass is 385 g/mol. The van der Waals surface area contributed by atoms with Crippen LogP contribution in [0.4, 0.5) is 0 Å². The summed E-state index contributed by atoms with van der Waals surface area (Å²) in [7, 11) is 1.64. The van der Waals surface area contributed by atoms with Crippen molar-refractivity contribution in [2.45, 2.75) is 19.8 Å². The third-order valence-corrected chi connectivity index (χ3v) is 6.77. The Kier molecular flexibility index (Phi) is 4.68. The second-order valence-corrected chi connectivity index (χ2v) is 8.72. The molecule has 1 saturated carbocycles. The van der Waals surface area contributed by atoms with Crippen molar-refractivity contribution in [1.82, 2.24) is 4.90 Å². The number of nitrogens with zero attached hydrogens (tertiary/aromatic N) is 1. The lowest BCUT2D eigenvalue weighted by Crippen LogP contribution is -2.29. The average Bonchev–Trinajstić information content (AvgIpc) is 3.29. The minimum absolute atomic E-state index is 0.0442. The number of rotatable bonds is 5. The van der Waals surface area contributed by atoms with Crippen LogP contribution in [0.3, 0.4) is 0 Å². The van der Waals surface area contributed by atoms with Crippen molar-refractivity contribution in [3.63, 3.8) is 0 Å². The number of carboxylic acid groups (broad SMARTS) is 1. The highest BCUT2D eigenvalue weighted by Crippen LogP contribution is 2.44. The van der Waals surface area contributed by atoms with E-state index >= 15 is 0 Å². The van der Waals surface area contributed by atoms with Crippen molar-refractivity contribution < 1.29 is 19.4 Å². The summed E-state index contributed by atoms with van der Waals surface area (Å²) < 4.78 is 5.20. The van der Waals surface area contributed by atoms with Gasteiger partial charge in [0.05, 0.1) is 17.9 Å². The quantitative estimate of drug-likeness (QED) is 0.847. The third kappa shape index (κ3) is 3.46. The topological polar surface area (TPSA) is 66.8 Å². The number of carbonyl (C=O) groups is 2. The fourth-order valence-corrected chi connectivity index (χ4v) is 5.07. The number of aliphatic carboxylic acids is 1. The SMILES string of the molecule is COc1ccc(-c2cc(C(=O)N3C[C@H](C(=O)O)[C@@H](C4CC4)C3)sc2C)cc1. The first-order valence-electron chi connectivity index (χ1n) is 9.25. The molecule has 0 unspecified atom stereocenters. The highest BCUT2D eigenvalue weighted by atomic mass is 32.1. The first-order valence-corrected chi connectivity index (χ1v) is 10.1. The number of aryl methyl sites for hydroxylation is 1. The number of hydrogen-bond donors (Lipinski definition) is 1. The van der Waals surface area contributed by atoms with Crippen molar-refractivity contribution >= 4 is 23.2 Å². The van der Waals surface area contributed by atoms with Gasteiger partial charge in [-0.3, -0.25) is 9.59 Å². The molecule has 2 aromatic rings. The summed E-state index contributed by atoms with van der Waals surface area (Å²) in [5.74, 6) is 0.132. The van der Waals surface area contributed by atoms with Crippen molar-refractivity contribution in [2.75, 3.05) is 20.2 Å². The second-order valence-electron chi connectivity index (χ2n) is 7.47. The molecule has 2 atom stereocenters. The summed E-state index contributed by atoms with van der Waals surface area (Å²) >= 11 is 1.48. The highest BCUT2D eigenvalue weighted by Gasteiger charge is 2.47. The maximum atomic E-state index is 13.0. The van der Waals surface area contributed by atoms with Crippen LogP contribution in [0.2, 0.25) is 0 Å². The van der Waals surface area contributed by atoms with Gasteiger partial charge in [0.2, 0.25) is 0 Å². The van der Waals surface area contributed by atoms with Crippen LogP contribution in [0.5, 0.6) is 5.75 Å². The maximum Gasteiger partial charge on any atom is 0.308 e. The van der Waals surface area contributed by atoms with Crippen LogP contribution < -0.4 is 4.74 Å². The summed E-state index contributed by atoms with van der Waals surface area (Å²) in [5.41, 5.74) is 2.09. The molecule has 0 bridgehead atoms. The van der Waals surface area contributed by atoms with E-state index in [0.717, 1.165) is 34.6 Å². The van der Waals surface area contributed by atoms with Crippen LogP contribution in [0.15, 0.2) is 30.3 Å². The molecule has 27 heavy (non-hydrogen) atoms. The summed E-state index contributed by atoms with van der Waals surface area (Å²) in [4.78, 5) is 28.1. The summed E-state index contributed by atoms with van der Waals surface area (Å²) in [6.45, 7) is 2.90. The Hall–Kier alpha value is -2.34. The number of carbonyl (C=O) groups excluding carboxylic acids is 1. The Labute approximate surface area is 162 Å². The van der Waals surface area contributed by atoms with Gasteiger partial charge in [0.15, 0.2) is 0 Å². The number of likely N-dealkylation sites (tertiary alicyclic amines) is 1. The van der Waals surface area contributed by atoms with Gasteiger partial charge in [-0.05, 0) is 60.9 Å². The fraction of sp³-hybridized carbons (Fsp3) is 0.429. The van der Waals surface area contributed by atoms with Crippen LogP contribution in [0.1, 0.15) is 27.4 Å². The van der Waals surface area contributed by atoms with Gasteiger partial charge in [-0.15, -0.1) is 11.3 Å². The minimum atomic E-state index is -0.775. The van der Waals surface area contributed by atoms with Crippen molar-refractivity contribution in [3.05, 3.63) is 40.1 Å². The van der Waals surface area contributed by atoms with Crippen LogP contribution in [0.25, 0.3) is 11.1 Å². The predicted molar refractivity (Wildman–Crippen MR) is 104 cm³/mol. The van der Waals surface area contributed by atoms with Gasteiger partial charge in [0, 0.05) is 18.0 Å². The fourth-order valence-electron chi connectivity index (χ4n) is 4.06. The Morgan fingerprint density at radius 1 is 1.19 bits per heavy atom. The van der Waals surface area contributed by atoms with E-state index in [9.17, 15) is 14.7 Å². The Morgan fingerprint density at radius 3 is 2.48 bits per heavy atom. The van der Waals surface area contributed by atoms with E-state index in [1.54, 1.807) is 12.0 Å². The molecule has 0 radical (unpaired) electrons. The highest BCUT2D eigenvalue weighted by molar-refractivity contribution is 7.14. The van der Waals surface area contributed by atoms with E-state index in [-0.39, 0.29) is 11.8 Å². The molecule has 1 aromatic heterocycles. The number of ether oxygens (including phenoxy) is 1. The van der Waals surface area contributed by atoms with Crippen molar-refractivity contribution in [1.29, 1.82) is 0 Å². The van der Waals surface area contributed by atoms with Gasteiger partial charge in [0.1, 0.15) is 5.75 Å². The van der Waals surface area contributed by atoms with E-state index in [4.69, 9.17) is 4.74 Å². The van der Waals surface area contributed by atoms with Crippen molar-refractivity contribution in [3.8, 4) is 16.9 Å². The molecule has 1 amide bonds. The van der Waals surface area contributed by atoms with Crippen LogP contribution >= 0.6 is 11.3 Å². The van der Waals surface area contributed by atoms with Gasteiger partial charge in [0.25, 0.3) is 5.91 Å². The predicted octanol–water partition coefficient (Wildman–Crippen LogP) is 3.91. The first kappa shape index (κ1) is 18.0. The molecule has 2 fully saturated rings. The molecule has 6 heteroatoms. The number of carboxylic acids is 1. The zero-order chi connectivity index (χ0) is 19.1. The zero-order valence-corrected chi connectivity index (χ0v) is 16.3. The molecule has 1 saturated heterocycles. The second kappa shape index (κ2) is 7.00. The van der Waals surface area contributed by atoms with E-state index in [1.807, 2.05) is 37.3 Å². The normalized spacial score (nSPS) is 22.1. The zero-order valence-electron chi connectivity index (χ0n) is 15.5. The number of hydrogen-bond acceptors (Lipinski definition) is 4. The Balaban J connectivity index is 1.55. The molecule has 4 rings (SSSR count). The summed E-state index contributed by atoms with van der Waals surface area (Å²) in [6, 6.07) is 9.73.